The van der Waals surface area contributed by atoms with Crippen LogP contribution in [-0.2, 0) is 10.8 Å². The maximum absolute atomic E-state index is 11.9. The molecule has 0 radical (unpaired) electrons. The number of nitrogens with one attached hydrogen (secondary N) is 1. The molecule has 1 aliphatic heterocycles. The van der Waals surface area contributed by atoms with Gasteiger partial charge in [0.25, 0.3) is 0 Å². The Bertz CT molecular complexity index is 355. The zero-order chi connectivity index (χ0) is 9.97. The van der Waals surface area contributed by atoms with Crippen LogP contribution in [0.2, 0.25) is 0 Å². The van der Waals surface area contributed by atoms with Crippen LogP contribution in [0.3, 0.4) is 0 Å². The second kappa shape index (κ2) is 5.53. The third kappa shape index (κ3) is 2.96. The van der Waals surface area contributed by atoms with Crippen LogP contribution in [0.5, 0.6) is 0 Å². The molecule has 1 aromatic heterocycles. The topological polar surface area (TPSA) is 54.9 Å². The summed E-state index contributed by atoms with van der Waals surface area (Å²) in [5.41, 5.74) is 0.870. The van der Waals surface area contributed by atoms with Gasteiger partial charge in [-0.2, -0.15) is 0 Å². The highest BCUT2D eigenvalue weighted by Gasteiger charge is 2.23. The van der Waals surface area contributed by atoms with Crippen LogP contribution < -0.4 is 5.32 Å². The van der Waals surface area contributed by atoms with Crippen LogP contribution in [0.15, 0.2) is 17.4 Å². The normalized spacial score (nSPS) is 22.1. The van der Waals surface area contributed by atoms with Crippen LogP contribution in [0.1, 0.15) is 12.1 Å². The minimum atomic E-state index is -1.05. The highest BCUT2D eigenvalue weighted by atomic mass is 35.5. The molecule has 1 aromatic rings. The molecule has 0 saturated carbocycles. The lowest BCUT2D eigenvalue weighted by atomic mass is 10.4. The minimum Gasteiger partial charge on any atom is -0.315 e. The van der Waals surface area contributed by atoms with E-state index in [0.29, 0.717) is 5.16 Å². The molecule has 15 heavy (non-hydrogen) atoms. The van der Waals surface area contributed by atoms with Crippen LogP contribution in [-0.4, -0.2) is 32.5 Å². The summed E-state index contributed by atoms with van der Waals surface area (Å²) in [5.74, 6) is 0. The summed E-state index contributed by atoms with van der Waals surface area (Å²) in [4.78, 5) is 8.22. The summed E-state index contributed by atoms with van der Waals surface area (Å²) >= 11 is 0. The predicted octanol–water partition coefficient (Wildman–Crippen LogP) is 0.676. The fourth-order valence-corrected chi connectivity index (χ4v) is 2.78. The van der Waals surface area contributed by atoms with Gasteiger partial charge in [-0.1, -0.05) is 0 Å². The molecule has 0 bridgehead atoms. The average Bonchev–Trinajstić information content (AvgIpc) is 2.69. The number of aromatic nitrogens is 2. The van der Waals surface area contributed by atoms with Gasteiger partial charge in [0.15, 0.2) is 0 Å². The van der Waals surface area contributed by atoms with Gasteiger partial charge in [0.05, 0.1) is 16.0 Å². The summed E-state index contributed by atoms with van der Waals surface area (Å²) in [6, 6.07) is 1.81. The number of hydrogen-bond acceptors (Lipinski definition) is 4. The summed E-state index contributed by atoms with van der Waals surface area (Å²) in [7, 11) is -1.05. The van der Waals surface area contributed by atoms with E-state index in [0.717, 1.165) is 25.2 Å². The van der Waals surface area contributed by atoms with Gasteiger partial charge in [0.2, 0.25) is 5.16 Å². The Hall–Kier alpha value is -0.520. The van der Waals surface area contributed by atoms with Crippen molar-refractivity contribution in [3.8, 4) is 0 Å². The summed E-state index contributed by atoms with van der Waals surface area (Å²) in [6.45, 7) is 3.64. The Labute approximate surface area is 97.8 Å². The van der Waals surface area contributed by atoms with Crippen LogP contribution in [0.25, 0.3) is 0 Å². The Kier molecular flexibility index (Phi) is 4.63. The van der Waals surface area contributed by atoms with E-state index in [2.05, 4.69) is 15.3 Å². The molecule has 1 aliphatic rings. The van der Waals surface area contributed by atoms with E-state index in [1.165, 1.54) is 0 Å². The molecule has 0 aromatic carbocycles. The fraction of sp³-hybridized carbons (Fsp3) is 0.556. The van der Waals surface area contributed by atoms with Crippen molar-refractivity contribution in [2.45, 2.75) is 23.8 Å². The first-order valence-corrected chi connectivity index (χ1v) is 5.89. The van der Waals surface area contributed by atoms with E-state index in [4.69, 9.17) is 0 Å². The predicted molar refractivity (Wildman–Crippen MR) is 61.7 cm³/mol. The van der Waals surface area contributed by atoms with Crippen molar-refractivity contribution in [3.63, 3.8) is 0 Å². The Morgan fingerprint density at radius 3 is 3.00 bits per heavy atom. The molecule has 2 atom stereocenters. The Morgan fingerprint density at radius 2 is 2.40 bits per heavy atom. The molecule has 1 N–H and O–H groups in total. The lowest BCUT2D eigenvalue weighted by molar-refractivity contribution is 0.663. The Morgan fingerprint density at radius 1 is 1.60 bits per heavy atom. The maximum atomic E-state index is 11.9. The van der Waals surface area contributed by atoms with E-state index < -0.39 is 10.8 Å². The van der Waals surface area contributed by atoms with Crippen LogP contribution in [0.4, 0.5) is 0 Å². The van der Waals surface area contributed by atoms with Gasteiger partial charge in [-0.3, -0.25) is 4.21 Å². The minimum absolute atomic E-state index is 0. The van der Waals surface area contributed by atoms with Crippen molar-refractivity contribution in [2.75, 3.05) is 13.1 Å². The van der Waals surface area contributed by atoms with E-state index in [1.54, 1.807) is 6.20 Å². The molecule has 2 heterocycles. The first-order chi connectivity index (χ1) is 6.77. The van der Waals surface area contributed by atoms with Gasteiger partial charge in [-0.15, -0.1) is 12.4 Å². The van der Waals surface area contributed by atoms with E-state index in [1.807, 2.05) is 13.0 Å². The van der Waals surface area contributed by atoms with Gasteiger partial charge in [0, 0.05) is 18.4 Å². The van der Waals surface area contributed by atoms with Gasteiger partial charge in [0.1, 0.15) is 0 Å². The zero-order valence-corrected chi connectivity index (χ0v) is 10.1. The van der Waals surface area contributed by atoms with Crippen molar-refractivity contribution in [1.82, 2.24) is 15.3 Å². The molecule has 0 amide bonds. The Balaban J connectivity index is 0.00000112. The molecular formula is C9H14ClN3OS. The number of nitrogens with zero attached hydrogens (tertiary/aromatic N) is 2. The highest BCUT2D eigenvalue weighted by molar-refractivity contribution is 7.85. The molecule has 1 unspecified atom stereocenters. The number of aryl methyl sites for hydroxylation is 1. The number of hydrogen-bond donors (Lipinski definition) is 1. The molecule has 0 spiro atoms. The van der Waals surface area contributed by atoms with Crippen molar-refractivity contribution in [1.29, 1.82) is 0 Å². The van der Waals surface area contributed by atoms with Crippen LogP contribution >= 0.6 is 12.4 Å². The van der Waals surface area contributed by atoms with Crippen molar-refractivity contribution in [3.05, 3.63) is 18.0 Å². The molecule has 1 fully saturated rings. The molecular weight excluding hydrogens is 234 g/mol. The van der Waals surface area contributed by atoms with Crippen molar-refractivity contribution >= 4 is 23.2 Å². The van der Waals surface area contributed by atoms with E-state index in [9.17, 15) is 4.21 Å². The quantitative estimate of drug-likeness (QED) is 0.781. The smallest absolute Gasteiger partial charge is 0.218 e. The molecule has 4 nitrogen and oxygen atoms in total. The van der Waals surface area contributed by atoms with Gasteiger partial charge >= 0.3 is 0 Å². The van der Waals surface area contributed by atoms with E-state index in [-0.39, 0.29) is 17.7 Å². The van der Waals surface area contributed by atoms with Gasteiger partial charge < -0.3 is 5.32 Å². The molecule has 2 rings (SSSR count). The number of rotatable bonds is 2. The van der Waals surface area contributed by atoms with Crippen molar-refractivity contribution in [2.24, 2.45) is 0 Å². The van der Waals surface area contributed by atoms with Crippen LogP contribution in [0, 0.1) is 6.92 Å². The largest absolute Gasteiger partial charge is 0.315 e. The second-order valence-corrected chi connectivity index (χ2v) is 5.02. The third-order valence-corrected chi connectivity index (χ3v) is 3.83. The molecule has 0 aliphatic carbocycles. The molecule has 84 valence electrons. The van der Waals surface area contributed by atoms with Crippen molar-refractivity contribution < 1.29 is 4.21 Å². The number of halogens is 1. The SMILES string of the molecule is Cc1ccnc(S(=O)[C@@H]2CCNC2)n1.Cl. The summed E-state index contributed by atoms with van der Waals surface area (Å²) < 4.78 is 11.9. The zero-order valence-electron chi connectivity index (χ0n) is 8.47. The van der Waals surface area contributed by atoms with Gasteiger partial charge in [-0.05, 0) is 26.0 Å². The monoisotopic (exact) mass is 247 g/mol. The second-order valence-electron chi connectivity index (χ2n) is 3.39. The third-order valence-electron chi connectivity index (χ3n) is 2.27. The fourth-order valence-electron chi connectivity index (χ4n) is 1.48. The first kappa shape index (κ1) is 12.5. The first-order valence-electron chi connectivity index (χ1n) is 4.68. The summed E-state index contributed by atoms with van der Waals surface area (Å²) in [5, 5.41) is 3.84. The average molecular weight is 248 g/mol. The lowest BCUT2D eigenvalue weighted by Crippen LogP contribution is -2.20. The highest BCUT2D eigenvalue weighted by Crippen LogP contribution is 2.12. The molecule has 1 saturated heterocycles. The van der Waals surface area contributed by atoms with Gasteiger partial charge in [-0.25, -0.2) is 9.97 Å². The maximum Gasteiger partial charge on any atom is 0.218 e. The molecule has 6 heteroatoms. The lowest BCUT2D eigenvalue weighted by Gasteiger charge is -2.06. The standard InChI is InChI=1S/C9H13N3OS.ClH/c1-7-2-5-11-9(12-7)14(13)8-3-4-10-6-8;/h2,5,8,10H,3-4,6H2,1H3;1H/t8-,14?;/m1./s1. The van der Waals surface area contributed by atoms with E-state index >= 15 is 0 Å². The summed E-state index contributed by atoms with van der Waals surface area (Å²) in [6.07, 6.45) is 2.61.